The molecule has 1 aromatic carbocycles. The molecule has 0 amide bonds. The molecule has 2 aromatic rings. The van der Waals surface area contributed by atoms with Gasteiger partial charge < -0.3 is 10.3 Å². The van der Waals surface area contributed by atoms with Crippen LogP contribution in [-0.2, 0) is 0 Å². The van der Waals surface area contributed by atoms with Crippen LogP contribution in [-0.4, -0.2) is 9.55 Å². The second-order valence-electron chi connectivity index (χ2n) is 3.75. The normalized spacial score (nSPS) is 12.1. The van der Waals surface area contributed by atoms with Crippen molar-refractivity contribution in [1.82, 2.24) is 9.55 Å². The Labute approximate surface area is 108 Å². The molecule has 2 N–H and O–H groups in total. The van der Waals surface area contributed by atoms with Crippen LogP contribution in [0.2, 0.25) is 0 Å². The molecular weight excluding hydrogens is 280 g/mol. The number of aromatic nitrogens is 2. The van der Waals surface area contributed by atoms with Crippen molar-refractivity contribution in [2.45, 2.75) is 13.0 Å². The third-order valence-electron chi connectivity index (χ3n) is 2.47. The van der Waals surface area contributed by atoms with Crippen molar-refractivity contribution in [3.8, 4) is 11.8 Å². The van der Waals surface area contributed by atoms with Crippen LogP contribution >= 0.6 is 15.9 Å². The lowest BCUT2D eigenvalue weighted by molar-refractivity contribution is 0.752. The largest absolute Gasteiger partial charge is 0.323 e. The second kappa shape index (κ2) is 4.70. The van der Waals surface area contributed by atoms with Gasteiger partial charge in [0.05, 0.1) is 29.5 Å². The molecule has 0 aliphatic rings. The highest BCUT2D eigenvalue weighted by Gasteiger charge is 2.11. The van der Waals surface area contributed by atoms with Gasteiger partial charge in [0, 0.05) is 10.5 Å². The van der Waals surface area contributed by atoms with Crippen LogP contribution in [0.5, 0.6) is 0 Å². The number of nitriles is 1. The molecule has 5 heteroatoms. The van der Waals surface area contributed by atoms with Gasteiger partial charge in [-0.05, 0) is 25.1 Å². The fraction of sp³-hybridized carbons (Fsp3) is 0.167. The lowest BCUT2D eigenvalue weighted by atomic mass is 10.1. The summed E-state index contributed by atoms with van der Waals surface area (Å²) in [4.78, 5) is 4.08. The SMILES string of the molecule is CC(N)c1cncn1-c1cc(Br)ccc1C#N. The summed E-state index contributed by atoms with van der Waals surface area (Å²) in [6.45, 7) is 1.89. The zero-order valence-corrected chi connectivity index (χ0v) is 10.8. The maximum absolute atomic E-state index is 9.11. The Morgan fingerprint density at radius 3 is 2.94 bits per heavy atom. The molecule has 0 fully saturated rings. The van der Waals surface area contributed by atoms with E-state index in [9.17, 15) is 0 Å². The van der Waals surface area contributed by atoms with Crippen molar-refractivity contribution in [3.63, 3.8) is 0 Å². The van der Waals surface area contributed by atoms with Gasteiger partial charge in [0.1, 0.15) is 6.07 Å². The first-order chi connectivity index (χ1) is 8.13. The number of imidazole rings is 1. The van der Waals surface area contributed by atoms with E-state index in [1.807, 2.05) is 23.6 Å². The van der Waals surface area contributed by atoms with E-state index in [1.165, 1.54) is 0 Å². The van der Waals surface area contributed by atoms with Crippen molar-refractivity contribution in [1.29, 1.82) is 5.26 Å². The summed E-state index contributed by atoms with van der Waals surface area (Å²) in [6.07, 6.45) is 3.38. The number of halogens is 1. The van der Waals surface area contributed by atoms with Crippen molar-refractivity contribution in [2.75, 3.05) is 0 Å². The van der Waals surface area contributed by atoms with Crippen LogP contribution in [0.25, 0.3) is 5.69 Å². The Kier molecular flexibility index (Phi) is 3.27. The van der Waals surface area contributed by atoms with E-state index in [4.69, 9.17) is 11.0 Å². The highest BCUT2D eigenvalue weighted by atomic mass is 79.9. The molecule has 1 atom stereocenters. The zero-order valence-electron chi connectivity index (χ0n) is 9.26. The van der Waals surface area contributed by atoms with Gasteiger partial charge in [-0.3, -0.25) is 0 Å². The monoisotopic (exact) mass is 290 g/mol. The van der Waals surface area contributed by atoms with Crippen molar-refractivity contribution < 1.29 is 0 Å². The van der Waals surface area contributed by atoms with Gasteiger partial charge in [-0.25, -0.2) is 4.98 Å². The summed E-state index contributed by atoms with van der Waals surface area (Å²) < 4.78 is 2.75. The minimum atomic E-state index is -0.136. The smallest absolute Gasteiger partial charge is 0.101 e. The van der Waals surface area contributed by atoms with Crippen molar-refractivity contribution >= 4 is 15.9 Å². The molecule has 1 unspecified atom stereocenters. The quantitative estimate of drug-likeness (QED) is 0.924. The Bertz CT molecular complexity index is 580. The topological polar surface area (TPSA) is 67.6 Å². The van der Waals surface area contributed by atoms with E-state index in [0.717, 1.165) is 15.9 Å². The van der Waals surface area contributed by atoms with E-state index in [1.54, 1.807) is 18.6 Å². The van der Waals surface area contributed by atoms with Crippen LogP contribution in [0, 0.1) is 11.3 Å². The number of nitrogens with two attached hydrogens (primary N) is 1. The maximum atomic E-state index is 9.11. The van der Waals surface area contributed by atoms with Gasteiger partial charge in [0.2, 0.25) is 0 Å². The molecule has 0 saturated heterocycles. The molecule has 4 nitrogen and oxygen atoms in total. The zero-order chi connectivity index (χ0) is 12.4. The highest BCUT2D eigenvalue weighted by molar-refractivity contribution is 9.10. The maximum Gasteiger partial charge on any atom is 0.101 e. The number of hydrogen-bond acceptors (Lipinski definition) is 3. The third kappa shape index (κ3) is 2.23. The first-order valence-electron chi connectivity index (χ1n) is 5.11. The predicted octanol–water partition coefficient (Wildman–Crippen LogP) is 2.53. The van der Waals surface area contributed by atoms with E-state index in [-0.39, 0.29) is 6.04 Å². The molecule has 1 aromatic heterocycles. The molecule has 0 aliphatic carbocycles. The molecule has 86 valence electrons. The lowest BCUT2D eigenvalue weighted by Gasteiger charge is -2.12. The number of rotatable bonds is 2. The van der Waals surface area contributed by atoms with Gasteiger partial charge in [0.25, 0.3) is 0 Å². The minimum Gasteiger partial charge on any atom is -0.323 e. The predicted molar refractivity (Wildman–Crippen MR) is 68.6 cm³/mol. The van der Waals surface area contributed by atoms with Gasteiger partial charge in [-0.2, -0.15) is 5.26 Å². The average molecular weight is 291 g/mol. The molecular formula is C12H11BrN4. The van der Waals surface area contributed by atoms with Gasteiger partial charge in [-0.15, -0.1) is 0 Å². The molecule has 0 bridgehead atoms. The van der Waals surface area contributed by atoms with Crippen LogP contribution in [0.15, 0.2) is 35.2 Å². The van der Waals surface area contributed by atoms with Crippen LogP contribution in [0.3, 0.4) is 0 Å². The first kappa shape index (κ1) is 11.8. The molecule has 2 rings (SSSR count). The van der Waals surface area contributed by atoms with Crippen LogP contribution < -0.4 is 5.73 Å². The molecule has 0 saturated carbocycles. The average Bonchev–Trinajstić information content (AvgIpc) is 2.77. The Balaban J connectivity index is 2.64. The van der Waals surface area contributed by atoms with E-state index >= 15 is 0 Å². The number of benzene rings is 1. The van der Waals surface area contributed by atoms with E-state index in [2.05, 4.69) is 27.0 Å². The highest BCUT2D eigenvalue weighted by Crippen LogP contribution is 2.23. The molecule has 0 spiro atoms. The Morgan fingerprint density at radius 1 is 1.53 bits per heavy atom. The summed E-state index contributed by atoms with van der Waals surface area (Å²) in [6, 6.07) is 7.52. The van der Waals surface area contributed by atoms with E-state index in [0.29, 0.717) is 5.56 Å². The lowest BCUT2D eigenvalue weighted by Crippen LogP contribution is -2.11. The van der Waals surface area contributed by atoms with Crippen LogP contribution in [0.1, 0.15) is 24.2 Å². The molecule has 1 heterocycles. The first-order valence-corrected chi connectivity index (χ1v) is 5.90. The second-order valence-corrected chi connectivity index (χ2v) is 4.67. The van der Waals surface area contributed by atoms with Crippen molar-refractivity contribution in [2.24, 2.45) is 5.73 Å². The summed E-state index contributed by atoms with van der Waals surface area (Å²) in [5.74, 6) is 0. The molecule has 0 radical (unpaired) electrons. The standard InChI is InChI=1S/C12H11BrN4/c1-8(15)12-6-16-7-17(12)11-4-10(13)3-2-9(11)5-14/h2-4,6-8H,15H2,1H3. The van der Waals surface area contributed by atoms with Crippen molar-refractivity contribution in [3.05, 3.63) is 46.5 Å². The Hall–Kier alpha value is -1.64. The summed E-state index contributed by atoms with van der Waals surface area (Å²) in [7, 11) is 0. The number of nitrogens with zero attached hydrogens (tertiary/aromatic N) is 3. The summed E-state index contributed by atoms with van der Waals surface area (Å²) in [5, 5.41) is 9.11. The third-order valence-corrected chi connectivity index (χ3v) is 2.97. The minimum absolute atomic E-state index is 0.136. The fourth-order valence-corrected chi connectivity index (χ4v) is 1.99. The van der Waals surface area contributed by atoms with Gasteiger partial charge in [0.15, 0.2) is 0 Å². The van der Waals surface area contributed by atoms with Crippen LogP contribution in [0.4, 0.5) is 0 Å². The summed E-state index contributed by atoms with van der Waals surface area (Å²) in [5.41, 5.74) is 8.12. The molecule has 17 heavy (non-hydrogen) atoms. The molecule has 0 aliphatic heterocycles. The van der Waals surface area contributed by atoms with E-state index < -0.39 is 0 Å². The Morgan fingerprint density at radius 2 is 2.29 bits per heavy atom. The fourth-order valence-electron chi connectivity index (χ4n) is 1.64. The summed E-state index contributed by atoms with van der Waals surface area (Å²) >= 11 is 3.40. The van der Waals surface area contributed by atoms with Gasteiger partial charge >= 0.3 is 0 Å². The van der Waals surface area contributed by atoms with Gasteiger partial charge in [-0.1, -0.05) is 15.9 Å². The number of hydrogen-bond donors (Lipinski definition) is 1.